The summed E-state index contributed by atoms with van der Waals surface area (Å²) >= 11 is 0. The number of benzene rings is 2. The molecule has 0 amide bonds. The van der Waals surface area contributed by atoms with Crippen molar-refractivity contribution in [2.24, 2.45) is 0 Å². The first-order valence-electron chi connectivity index (χ1n) is 7.50. The van der Waals surface area contributed by atoms with Crippen LogP contribution in [0.25, 0.3) is 11.1 Å². The van der Waals surface area contributed by atoms with Gasteiger partial charge in [-0.25, -0.2) is 0 Å². The molecule has 2 rings (SSSR count). The summed E-state index contributed by atoms with van der Waals surface area (Å²) in [6.45, 7) is 9.72. The standard InChI is InChI=1S/C20H22O2/c1-4-7-17-14(6-3)13-19(20(22)18(17)8-5-2)15-9-11-16(21)12-10-15/h4-5,9-13,21-22H,1-2,6-8H2,3H3. The van der Waals surface area contributed by atoms with Crippen molar-refractivity contribution >= 4 is 0 Å². The largest absolute Gasteiger partial charge is 0.508 e. The second kappa shape index (κ2) is 6.99. The fourth-order valence-corrected chi connectivity index (χ4v) is 2.77. The van der Waals surface area contributed by atoms with E-state index >= 15 is 0 Å². The van der Waals surface area contributed by atoms with E-state index in [2.05, 4.69) is 20.1 Å². The van der Waals surface area contributed by atoms with Crippen LogP contribution in [0.1, 0.15) is 23.6 Å². The zero-order chi connectivity index (χ0) is 16.1. The molecule has 114 valence electrons. The lowest BCUT2D eigenvalue weighted by molar-refractivity contribution is 0.470. The molecule has 0 aliphatic rings. The van der Waals surface area contributed by atoms with Gasteiger partial charge in [-0.1, -0.05) is 31.2 Å². The van der Waals surface area contributed by atoms with Gasteiger partial charge in [0, 0.05) is 11.1 Å². The number of hydrogen-bond donors (Lipinski definition) is 2. The maximum Gasteiger partial charge on any atom is 0.127 e. The average molecular weight is 294 g/mol. The minimum atomic E-state index is 0.216. The SMILES string of the molecule is C=CCc1c(CC)cc(-c2ccc(O)cc2)c(O)c1CC=C. The van der Waals surface area contributed by atoms with Crippen LogP contribution in [0.15, 0.2) is 55.6 Å². The number of phenolic OH excluding ortho intramolecular Hbond substituents is 2. The van der Waals surface area contributed by atoms with Gasteiger partial charge in [0.1, 0.15) is 11.5 Å². The first-order valence-corrected chi connectivity index (χ1v) is 7.50. The van der Waals surface area contributed by atoms with Gasteiger partial charge in [-0.2, -0.15) is 0 Å². The van der Waals surface area contributed by atoms with Gasteiger partial charge in [0.05, 0.1) is 0 Å². The Morgan fingerprint density at radius 2 is 1.55 bits per heavy atom. The van der Waals surface area contributed by atoms with Gasteiger partial charge in [0.15, 0.2) is 0 Å². The average Bonchev–Trinajstić information content (AvgIpc) is 2.52. The summed E-state index contributed by atoms with van der Waals surface area (Å²) in [5.74, 6) is 0.508. The van der Waals surface area contributed by atoms with Gasteiger partial charge >= 0.3 is 0 Å². The van der Waals surface area contributed by atoms with E-state index in [1.807, 2.05) is 30.4 Å². The Morgan fingerprint density at radius 1 is 0.955 bits per heavy atom. The third kappa shape index (κ3) is 3.06. The zero-order valence-electron chi connectivity index (χ0n) is 13.0. The van der Waals surface area contributed by atoms with E-state index in [1.165, 1.54) is 5.56 Å². The summed E-state index contributed by atoms with van der Waals surface area (Å²) in [6.07, 6.45) is 5.91. The zero-order valence-corrected chi connectivity index (χ0v) is 13.0. The van der Waals surface area contributed by atoms with Crippen LogP contribution in [0.2, 0.25) is 0 Å². The predicted octanol–water partition coefficient (Wildman–Crippen LogP) is 4.78. The molecule has 0 saturated heterocycles. The molecular formula is C20H22O2. The quantitative estimate of drug-likeness (QED) is 0.752. The highest BCUT2D eigenvalue weighted by atomic mass is 16.3. The molecule has 2 nitrogen and oxygen atoms in total. The van der Waals surface area contributed by atoms with Crippen molar-refractivity contribution in [2.45, 2.75) is 26.2 Å². The fourth-order valence-electron chi connectivity index (χ4n) is 2.77. The van der Waals surface area contributed by atoms with Gasteiger partial charge in [-0.05, 0) is 54.2 Å². The Bertz CT molecular complexity index is 682. The Kier molecular flexibility index (Phi) is 5.05. The summed E-state index contributed by atoms with van der Waals surface area (Å²) in [5, 5.41) is 20.2. The second-order valence-electron chi connectivity index (χ2n) is 5.27. The van der Waals surface area contributed by atoms with Crippen LogP contribution in [0, 0.1) is 0 Å². The molecule has 2 aromatic rings. The maximum atomic E-state index is 10.7. The highest BCUT2D eigenvalue weighted by molar-refractivity contribution is 5.74. The van der Waals surface area contributed by atoms with Crippen LogP contribution in [0.5, 0.6) is 11.5 Å². The third-order valence-electron chi connectivity index (χ3n) is 3.87. The van der Waals surface area contributed by atoms with Crippen LogP contribution >= 0.6 is 0 Å². The predicted molar refractivity (Wildman–Crippen MR) is 92.4 cm³/mol. The molecule has 0 aromatic heterocycles. The first-order chi connectivity index (χ1) is 10.6. The van der Waals surface area contributed by atoms with Gasteiger partial charge in [-0.3, -0.25) is 0 Å². The smallest absolute Gasteiger partial charge is 0.127 e. The van der Waals surface area contributed by atoms with Crippen molar-refractivity contribution in [3.05, 3.63) is 72.3 Å². The van der Waals surface area contributed by atoms with Crippen LogP contribution < -0.4 is 0 Å². The molecule has 0 fully saturated rings. The van der Waals surface area contributed by atoms with Crippen molar-refractivity contribution in [3.8, 4) is 22.6 Å². The molecule has 0 heterocycles. The molecule has 2 heteroatoms. The Labute approximate surface area is 132 Å². The molecule has 0 spiro atoms. The minimum Gasteiger partial charge on any atom is -0.508 e. The van der Waals surface area contributed by atoms with E-state index in [4.69, 9.17) is 0 Å². The minimum absolute atomic E-state index is 0.216. The van der Waals surface area contributed by atoms with Crippen LogP contribution in [0.4, 0.5) is 0 Å². The molecule has 0 radical (unpaired) electrons. The monoisotopic (exact) mass is 294 g/mol. The Hall–Kier alpha value is -2.48. The van der Waals surface area contributed by atoms with E-state index in [0.717, 1.165) is 35.1 Å². The molecule has 0 unspecified atom stereocenters. The normalized spacial score (nSPS) is 10.4. The highest BCUT2D eigenvalue weighted by Crippen LogP contribution is 2.38. The number of aryl methyl sites for hydroxylation is 1. The summed E-state index contributed by atoms with van der Waals surface area (Å²) in [4.78, 5) is 0. The molecule has 2 N–H and O–H groups in total. The maximum absolute atomic E-state index is 10.7. The molecule has 0 aliphatic heterocycles. The number of aromatic hydroxyl groups is 2. The van der Waals surface area contributed by atoms with Crippen LogP contribution in [-0.4, -0.2) is 10.2 Å². The lowest BCUT2D eigenvalue weighted by Crippen LogP contribution is -2.01. The fraction of sp³-hybridized carbons (Fsp3) is 0.200. The number of phenols is 2. The van der Waals surface area contributed by atoms with Crippen molar-refractivity contribution in [3.63, 3.8) is 0 Å². The molecule has 0 saturated carbocycles. The number of hydrogen-bond acceptors (Lipinski definition) is 2. The van der Waals surface area contributed by atoms with E-state index in [9.17, 15) is 10.2 Å². The first kappa shape index (κ1) is 15.9. The molecule has 0 aliphatic carbocycles. The third-order valence-corrected chi connectivity index (χ3v) is 3.87. The van der Waals surface area contributed by atoms with E-state index in [0.29, 0.717) is 12.2 Å². The molecule has 0 atom stereocenters. The van der Waals surface area contributed by atoms with Crippen molar-refractivity contribution < 1.29 is 10.2 Å². The van der Waals surface area contributed by atoms with E-state index in [1.54, 1.807) is 12.1 Å². The Morgan fingerprint density at radius 3 is 2.09 bits per heavy atom. The number of rotatable bonds is 6. The van der Waals surface area contributed by atoms with Gasteiger partial charge in [0.2, 0.25) is 0 Å². The summed E-state index contributed by atoms with van der Waals surface area (Å²) < 4.78 is 0. The number of allylic oxidation sites excluding steroid dienone is 2. The second-order valence-corrected chi connectivity index (χ2v) is 5.27. The van der Waals surface area contributed by atoms with Crippen LogP contribution in [0.3, 0.4) is 0 Å². The van der Waals surface area contributed by atoms with Crippen molar-refractivity contribution in [1.29, 1.82) is 0 Å². The topological polar surface area (TPSA) is 40.5 Å². The highest BCUT2D eigenvalue weighted by Gasteiger charge is 2.16. The van der Waals surface area contributed by atoms with E-state index < -0.39 is 0 Å². The van der Waals surface area contributed by atoms with Crippen LogP contribution in [-0.2, 0) is 19.3 Å². The lowest BCUT2D eigenvalue weighted by Gasteiger charge is -2.18. The van der Waals surface area contributed by atoms with Gasteiger partial charge < -0.3 is 10.2 Å². The molecule has 0 bridgehead atoms. The van der Waals surface area contributed by atoms with Crippen molar-refractivity contribution in [2.75, 3.05) is 0 Å². The van der Waals surface area contributed by atoms with Gasteiger partial charge in [-0.15, -0.1) is 13.2 Å². The molecule has 22 heavy (non-hydrogen) atoms. The van der Waals surface area contributed by atoms with E-state index in [-0.39, 0.29) is 5.75 Å². The summed E-state index contributed by atoms with van der Waals surface area (Å²) in [7, 11) is 0. The Balaban J connectivity index is 2.69. The van der Waals surface area contributed by atoms with Crippen molar-refractivity contribution in [1.82, 2.24) is 0 Å². The van der Waals surface area contributed by atoms with Gasteiger partial charge in [0.25, 0.3) is 0 Å². The molecular weight excluding hydrogens is 272 g/mol. The molecule has 2 aromatic carbocycles. The summed E-state index contributed by atoms with van der Waals surface area (Å²) in [6, 6.07) is 8.92. The summed E-state index contributed by atoms with van der Waals surface area (Å²) in [5.41, 5.74) is 4.94. The lowest BCUT2D eigenvalue weighted by atomic mass is 9.89.